The van der Waals surface area contributed by atoms with Crippen LogP contribution in [-0.4, -0.2) is 11.7 Å². The van der Waals surface area contributed by atoms with Crippen LogP contribution in [0.5, 0.6) is 0 Å². The van der Waals surface area contributed by atoms with Gasteiger partial charge in [-0.05, 0) is 27.7 Å². The Morgan fingerprint density at radius 3 is 2.50 bits per heavy atom. The molecule has 0 aliphatic heterocycles. The van der Waals surface area contributed by atoms with Crippen molar-refractivity contribution in [2.75, 3.05) is 6.61 Å². The molecule has 0 aromatic heterocycles. The average molecular weight is 168 g/mol. The van der Waals surface area contributed by atoms with Crippen molar-refractivity contribution in [3.8, 4) is 11.8 Å². The molecule has 1 N–H and O–H groups in total. The Morgan fingerprint density at radius 2 is 2.08 bits per heavy atom. The minimum Gasteiger partial charge on any atom is -0.481 e. The van der Waals surface area contributed by atoms with E-state index in [4.69, 9.17) is 9.84 Å². The summed E-state index contributed by atoms with van der Waals surface area (Å²) in [6.45, 7) is 8.28. The van der Waals surface area contributed by atoms with Gasteiger partial charge in [0.1, 0.15) is 0 Å². The molecule has 0 spiro atoms. The molecule has 0 unspecified atom stereocenters. The van der Waals surface area contributed by atoms with Crippen LogP contribution in [0.2, 0.25) is 0 Å². The fourth-order valence-corrected chi connectivity index (χ4v) is 0.504. The van der Waals surface area contributed by atoms with Gasteiger partial charge in [0.15, 0.2) is 0 Å². The zero-order chi connectivity index (χ0) is 9.61. The first kappa shape index (κ1) is 10.9. The van der Waals surface area contributed by atoms with Crippen LogP contribution in [0.15, 0.2) is 12.0 Å². The normalized spacial score (nSPS) is 11.8. The highest BCUT2D eigenvalue weighted by molar-refractivity contribution is 5.19. The molecule has 2 nitrogen and oxygen atoms in total. The Kier molecular flexibility index (Phi) is 4.28. The lowest BCUT2D eigenvalue weighted by molar-refractivity contribution is 0.103. The lowest BCUT2D eigenvalue weighted by atomic mass is 9.98. The molecule has 68 valence electrons. The van der Waals surface area contributed by atoms with Crippen LogP contribution in [0.3, 0.4) is 0 Å². The Balaban J connectivity index is 4.08. The van der Waals surface area contributed by atoms with E-state index >= 15 is 0 Å². The molecule has 0 bridgehead atoms. The number of hydrogen-bond acceptors (Lipinski definition) is 2. The van der Waals surface area contributed by atoms with Crippen molar-refractivity contribution in [2.45, 2.75) is 27.7 Å². The van der Waals surface area contributed by atoms with E-state index in [1.165, 1.54) is 6.08 Å². The topological polar surface area (TPSA) is 29.5 Å². The Labute approximate surface area is 74.2 Å². The van der Waals surface area contributed by atoms with Crippen LogP contribution >= 0.6 is 0 Å². The monoisotopic (exact) mass is 168 g/mol. The van der Waals surface area contributed by atoms with Crippen molar-refractivity contribution in [3.05, 3.63) is 12.0 Å². The SMILES string of the molecule is CCO/C(O)=C/C#CC(C)(C)C. The minimum absolute atomic E-state index is 0.0387. The highest BCUT2D eigenvalue weighted by atomic mass is 16.6. The fourth-order valence-electron chi connectivity index (χ4n) is 0.504. The van der Waals surface area contributed by atoms with E-state index in [1.54, 1.807) is 6.92 Å². The second-order valence-electron chi connectivity index (χ2n) is 3.43. The molecule has 0 saturated carbocycles. The average Bonchev–Trinajstić information content (AvgIpc) is 1.84. The summed E-state index contributed by atoms with van der Waals surface area (Å²) in [6.07, 6.45) is 1.37. The summed E-state index contributed by atoms with van der Waals surface area (Å²) in [7, 11) is 0. The molecular weight excluding hydrogens is 152 g/mol. The van der Waals surface area contributed by atoms with Crippen molar-refractivity contribution in [3.63, 3.8) is 0 Å². The lowest BCUT2D eigenvalue weighted by Crippen LogP contribution is -1.99. The number of aliphatic hydroxyl groups excluding tert-OH is 1. The molecule has 0 rings (SSSR count). The van der Waals surface area contributed by atoms with E-state index in [0.717, 1.165) is 0 Å². The second kappa shape index (κ2) is 4.71. The Bertz CT molecular complexity index is 210. The van der Waals surface area contributed by atoms with Crippen LogP contribution in [-0.2, 0) is 4.74 Å². The predicted octanol–water partition coefficient (Wildman–Crippen LogP) is 2.47. The van der Waals surface area contributed by atoms with Crippen molar-refractivity contribution in [2.24, 2.45) is 5.41 Å². The van der Waals surface area contributed by atoms with Crippen LogP contribution < -0.4 is 0 Å². The Morgan fingerprint density at radius 1 is 1.50 bits per heavy atom. The number of rotatable bonds is 2. The Hall–Kier alpha value is -1.10. The smallest absolute Gasteiger partial charge is 0.285 e. The van der Waals surface area contributed by atoms with E-state index in [1.807, 2.05) is 20.8 Å². The predicted molar refractivity (Wildman–Crippen MR) is 49.6 cm³/mol. The second-order valence-corrected chi connectivity index (χ2v) is 3.43. The van der Waals surface area contributed by atoms with E-state index in [-0.39, 0.29) is 11.4 Å². The van der Waals surface area contributed by atoms with Gasteiger partial charge < -0.3 is 9.84 Å². The highest BCUT2D eigenvalue weighted by Crippen LogP contribution is 2.09. The maximum Gasteiger partial charge on any atom is 0.285 e. The van der Waals surface area contributed by atoms with Gasteiger partial charge in [0, 0.05) is 5.41 Å². The van der Waals surface area contributed by atoms with E-state index in [2.05, 4.69) is 11.8 Å². The quantitative estimate of drug-likeness (QED) is 0.507. The molecule has 0 aliphatic rings. The van der Waals surface area contributed by atoms with Crippen LogP contribution in [0, 0.1) is 17.3 Å². The van der Waals surface area contributed by atoms with Gasteiger partial charge in [-0.25, -0.2) is 0 Å². The molecule has 2 heteroatoms. The van der Waals surface area contributed by atoms with Crippen molar-refractivity contribution in [1.82, 2.24) is 0 Å². The zero-order valence-corrected chi connectivity index (χ0v) is 8.14. The number of allylic oxidation sites excluding steroid dienone is 1. The van der Waals surface area contributed by atoms with Gasteiger partial charge in [-0.15, -0.1) is 0 Å². The van der Waals surface area contributed by atoms with E-state index < -0.39 is 0 Å². The van der Waals surface area contributed by atoms with Gasteiger partial charge >= 0.3 is 0 Å². The third kappa shape index (κ3) is 7.01. The third-order valence-electron chi connectivity index (χ3n) is 0.935. The molecule has 0 fully saturated rings. The minimum atomic E-state index is -0.116. The largest absolute Gasteiger partial charge is 0.481 e. The molecule has 0 radical (unpaired) electrons. The molecule has 0 amide bonds. The van der Waals surface area contributed by atoms with Crippen LogP contribution in [0.25, 0.3) is 0 Å². The van der Waals surface area contributed by atoms with Gasteiger partial charge in [0.25, 0.3) is 5.95 Å². The van der Waals surface area contributed by atoms with Crippen LogP contribution in [0.1, 0.15) is 27.7 Å². The first-order valence-corrected chi connectivity index (χ1v) is 4.00. The zero-order valence-electron chi connectivity index (χ0n) is 8.14. The third-order valence-corrected chi connectivity index (χ3v) is 0.935. The summed E-state index contributed by atoms with van der Waals surface area (Å²) in [4.78, 5) is 0. The van der Waals surface area contributed by atoms with E-state index in [0.29, 0.717) is 6.61 Å². The molecule has 0 atom stereocenters. The van der Waals surface area contributed by atoms with Crippen molar-refractivity contribution in [1.29, 1.82) is 0 Å². The number of aliphatic hydroxyl groups is 1. The molecule has 0 saturated heterocycles. The molecular formula is C10H16O2. The first-order valence-electron chi connectivity index (χ1n) is 4.00. The highest BCUT2D eigenvalue weighted by Gasteiger charge is 2.02. The van der Waals surface area contributed by atoms with Gasteiger partial charge in [-0.3, -0.25) is 0 Å². The molecule has 12 heavy (non-hydrogen) atoms. The summed E-state index contributed by atoms with van der Waals surface area (Å²) in [6, 6.07) is 0. The van der Waals surface area contributed by atoms with Gasteiger partial charge in [0.2, 0.25) is 0 Å². The number of ether oxygens (including phenoxy) is 1. The van der Waals surface area contributed by atoms with Gasteiger partial charge in [-0.2, -0.15) is 0 Å². The van der Waals surface area contributed by atoms with Gasteiger partial charge in [-0.1, -0.05) is 11.8 Å². The van der Waals surface area contributed by atoms with Crippen LogP contribution in [0.4, 0.5) is 0 Å². The standard InChI is InChI=1S/C10H16O2/c1-5-12-9(11)7-6-8-10(2,3)4/h7,11H,5H2,1-4H3/b9-7+. The van der Waals surface area contributed by atoms with Crippen molar-refractivity contribution < 1.29 is 9.84 Å². The summed E-state index contributed by atoms with van der Waals surface area (Å²) in [5, 5.41) is 8.98. The molecule has 0 aromatic rings. The summed E-state index contributed by atoms with van der Waals surface area (Å²) in [5.74, 6) is 5.55. The maximum atomic E-state index is 8.98. The molecule has 0 aliphatic carbocycles. The molecule has 0 aromatic carbocycles. The first-order chi connectivity index (χ1) is 5.45. The maximum absolute atomic E-state index is 8.98. The summed E-state index contributed by atoms with van der Waals surface area (Å²) in [5.41, 5.74) is -0.0387. The van der Waals surface area contributed by atoms with Gasteiger partial charge in [0.05, 0.1) is 12.7 Å². The lowest BCUT2D eigenvalue weighted by Gasteiger charge is -2.06. The fraction of sp³-hybridized carbons (Fsp3) is 0.600. The number of hydrogen-bond donors (Lipinski definition) is 1. The van der Waals surface area contributed by atoms with E-state index in [9.17, 15) is 0 Å². The molecule has 0 heterocycles. The van der Waals surface area contributed by atoms with Crippen molar-refractivity contribution >= 4 is 0 Å². The summed E-state index contributed by atoms with van der Waals surface area (Å²) < 4.78 is 4.77. The summed E-state index contributed by atoms with van der Waals surface area (Å²) >= 11 is 0.